The maximum Gasteiger partial charge on any atom is 0.355 e. The van der Waals surface area contributed by atoms with Crippen LogP contribution in [0.25, 0.3) is 0 Å². The number of nitrogens with zero attached hydrogens (tertiary/aromatic N) is 2. The van der Waals surface area contributed by atoms with E-state index in [2.05, 4.69) is 4.98 Å². The van der Waals surface area contributed by atoms with Gasteiger partial charge in [-0.25, -0.2) is 9.78 Å². The fourth-order valence-corrected chi connectivity index (χ4v) is 3.46. The van der Waals surface area contributed by atoms with E-state index in [-0.39, 0.29) is 29.7 Å². The van der Waals surface area contributed by atoms with E-state index in [1.165, 1.54) is 10.3 Å². The molecule has 1 unspecified atom stereocenters. The third-order valence-electron chi connectivity index (χ3n) is 2.58. The highest BCUT2D eigenvalue weighted by molar-refractivity contribution is 7.86. The van der Waals surface area contributed by atoms with Gasteiger partial charge in [0, 0.05) is 24.3 Å². The van der Waals surface area contributed by atoms with Gasteiger partial charge >= 0.3 is 16.2 Å². The number of halogens is 1. The second-order valence-corrected chi connectivity index (χ2v) is 6.35. The van der Waals surface area contributed by atoms with Crippen LogP contribution < -0.4 is 4.90 Å². The summed E-state index contributed by atoms with van der Waals surface area (Å²) in [7, 11) is -4.63. The topological polar surface area (TPSA) is 105 Å². The number of carboxylic acids is 1. The van der Waals surface area contributed by atoms with E-state index in [1.54, 1.807) is 0 Å². The summed E-state index contributed by atoms with van der Waals surface area (Å²) >= 11 is 0.969. The molecular formula is C9H9FN2O5S2. The van der Waals surface area contributed by atoms with E-state index in [0.29, 0.717) is 0 Å². The molecule has 1 aliphatic rings. The second-order valence-electron chi connectivity index (χ2n) is 4.10. The lowest BCUT2D eigenvalue weighted by Gasteiger charge is -2.11. The predicted octanol–water partition coefficient (Wildman–Crippen LogP) is 0.494. The zero-order valence-corrected chi connectivity index (χ0v) is 11.1. The van der Waals surface area contributed by atoms with Crippen LogP contribution in [0.15, 0.2) is 5.38 Å². The average Bonchev–Trinajstić information content (AvgIpc) is 2.82. The van der Waals surface area contributed by atoms with Gasteiger partial charge in [-0.05, 0) is 0 Å². The van der Waals surface area contributed by atoms with Crippen molar-refractivity contribution in [3.63, 3.8) is 0 Å². The van der Waals surface area contributed by atoms with Crippen molar-refractivity contribution in [3.05, 3.63) is 11.1 Å². The normalized spacial score (nSPS) is 19.9. The van der Waals surface area contributed by atoms with Crippen molar-refractivity contribution in [1.82, 2.24) is 4.98 Å². The first-order valence-corrected chi connectivity index (χ1v) is 7.61. The fourth-order valence-electron chi connectivity index (χ4n) is 1.85. The molecule has 1 aliphatic heterocycles. The maximum absolute atomic E-state index is 12.6. The Morgan fingerprint density at radius 1 is 1.63 bits per heavy atom. The first-order chi connectivity index (χ1) is 8.76. The first kappa shape index (κ1) is 13.9. The van der Waals surface area contributed by atoms with Crippen molar-refractivity contribution < 1.29 is 27.0 Å². The number of amides is 1. The van der Waals surface area contributed by atoms with Crippen LogP contribution in [0.1, 0.15) is 16.9 Å². The summed E-state index contributed by atoms with van der Waals surface area (Å²) in [6.45, 7) is 0.0224. The Bertz CT molecular complexity index is 626. The van der Waals surface area contributed by atoms with Crippen molar-refractivity contribution in [2.45, 2.75) is 6.42 Å². The molecule has 1 amide bonds. The molecule has 2 heterocycles. The average molecular weight is 308 g/mol. The molecule has 0 bridgehead atoms. The van der Waals surface area contributed by atoms with E-state index in [9.17, 15) is 21.9 Å². The summed E-state index contributed by atoms with van der Waals surface area (Å²) in [5.74, 6) is -2.96. The molecule has 10 heteroatoms. The number of thiazole rings is 1. The molecule has 0 aliphatic carbocycles. The van der Waals surface area contributed by atoms with E-state index in [4.69, 9.17) is 5.11 Å². The number of aromatic nitrogens is 1. The van der Waals surface area contributed by atoms with Crippen LogP contribution in [0, 0.1) is 5.92 Å². The summed E-state index contributed by atoms with van der Waals surface area (Å²) in [5, 5.41) is 10.2. The number of hydrogen-bond acceptors (Lipinski definition) is 6. The zero-order chi connectivity index (χ0) is 14.2. The van der Waals surface area contributed by atoms with Crippen molar-refractivity contribution in [2.75, 3.05) is 17.2 Å². The van der Waals surface area contributed by atoms with Crippen molar-refractivity contribution in [1.29, 1.82) is 0 Å². The minimum absolute atomic E-state index is 0.0224. The lowest BCUT2D eigenvalue weighted by molar-refractivity contribution is -0.117. The van der Waals surface area contributed by atoms with Crippen LogP contribution >= 0.6 is 11.3 Å². The van der Waals surface area contributed by atoms with Gasteiger partial charge in [0.1, 0.15) is 0 Å². The highest BCUT2D eigenvalue weighted by Gasteiger charge is 2.35. The minimum atomic E-state index is -4.63. The number of aromatic carboxylic acids is 1. The van der Waals surface area contributed by atoms with E-state index in [1.807, 2.05) is 0 Å². The number of anilines is 1. The van der Waals surface area contributed by atoms with Gasteiger partial charge in [-0.3, -0.25) is 9.69 Å². The molecule has 1 N–H and O–H groups in total. The molecule has 1 aromatic heterocycles. The van der Waals surface area contributed by atoms with Gasteiger partial charge in [0.25, 0.3) is 0 Å². The molecule has 0 radical (unpaired) electrons. The Morgan fingerprint density at radius 2 is 2.32 bits per heavy atom. The molecule has 7 nitrogen and oxygen atoms in total. The van der Waals surface area contributed by atoms with Gasteiger partial charge in [-0.1, -0.05) is 0 Å². The maximum atomic E-state index is 12.6. The van der Waals surface area contributed by atoms with E-state index >= 15 is 0 Å². The Kier molecular flexibility index (Phi) is 3.54. The van der Waals surface area contributed by atoms with Gasteiger partial charge in [0.05, 0.1) is 5.75 Å². The number of carbonyl (C=O) groups is 2. The van der Waals surface area contributed by atoms with Crippen molar-refractivity contribution >= 4 is 38.6 Å². The zero-order valence-electron chi connectivity index (χ0n) is 9.45. The largest absolute Gasteiger partial charge is 0.476 e. The van der Waals surface area contributed by atoms with Crippen LogP contribution in [-0.2, 0) is 15.0 Å². The van der Waals surface area contributed by atoms with Crippen LogP contribution in [-0.4, -0.2) is 42.7 Å². The lowest BCUT2D eigenvalue weighted by Crippen LogP contribution is -2.25. The second kappa shape index (κ2) is 4.85. The Balaban J connectivity index is 2.13. The molecule has 104 valence electrons. The number of carbonyl (C=O) groups excluding carboxylic acids is 1. The number of hydrogen-bond donors (Lipinski definition) is 1. The molecule has 1 fully saturated rings. The van der Waals surface area contributed by atoms with Crippen LogP contribution in [0.3, 0.4) is 0 Å². The number of rotatable bonds is 4. The summed E-state index contributed by atoms with van der Waals surface area (Å²) in [6.07, 6.45) is -0.0921. The SMILES string of the molecule is O=C(O)c1csc(N2CC(CS(=O)(=O)F)CC2=O)n1. The van der Waals surface area contributed by atoms with E-state index in [0.717, 1.165) is 11.3 Å². The molecule has 2 rings (SSSR count). The fraction of sp³-hybridized carbons (Fsp3) is 0.444. The summed E-state index contributed by atoms with van der Waals surface area (Å²) < 4.78 is 33.6. The quantitative estimate of drug-likeness (QED) is 0.812. The van der Waals surface area contributed by atoms with Gasteiger partial charge in [-0.15, -0.1) is 15.2 Å². The molecule has 1 atom stereocenters. The van der Waals surface area contributed by atoms with Crippen molar-refractivity contribution in [2.24, 2.45) is 5.92 Å². The lowest BCUT2D eigenvalue weighted by atomic mass is 10.1. The van der Waals surface area contributed by atoms with Crippen LogP contribution in [0.4, 0.5) is 9.02 Å². The van der Waals surface area contributed by atoms with Crippen LogP contribution in [0.5, 0.6) is 0 Å². The highest BCUT2D eigenvalue weighted by Crippen LogP contribution is 2.28. The van der Waals surface area contributed by atoms with Gasteiger partial charge in [0.15, 0.2) is 10.8 Å². The molecule has 0 aromatic carbocycles. The minimum Gasteiger partial charge on any atom is -0.476 e. The van der Waals surface area contributed by atoms with Gasteiger partial charge in [-0.2, -0.15) is 8.42 Å². The Labute approximate surface area is 111 Å². The highest BCUT2D eigenvalue weighted by atomic mass is 32.3. The smallest absolute Gasteiger partial charge is 0.355 e. The number of carboxylic acid groups (broad SMARTS) is 1. The monoisotopic (exact) mass is 308 g/mol. The standard InChI is InChI=1S/C9H9FN2O5S2/c10-19(16,17)4-5-1-7(13)12(2-5)9-11-6(3-18-9)8(14)15/h3,5H,1-2,4H2,(H,14,15). The summed E-state index contributed by atoms with van der Waals surface area (Å²) in [6, 6.07) is 0. The Morgan fingerprint density at radius 3 is 2.84 bits per heavy atom. The summed E-state index contributed by atoms with van der Waals surface area (Å²) in [5.41, 5.74) is -0.186. The van der Waals surface area contributed by atoms with Gasteiger partial charge < -0.3 is 5.11 Å². The predicted molar refractivity (Wildman–Crippen MR) is 64.4 cm³/mol. The summed E-state index contributed by atoms with van der Waals surface area (Å²) in [4.78, 5) is 27.3. The molecule has 1 saturated heterocycles. The Hall–Kier alpha value is -1.55. The first-order valence-electron chi connectivity index (χ1n) is 5.18. The molecule has 19 heavy (non-hydrogen) atoms. The molecule has 0 saturated carbocycles. The third kappa shape index (κ3) is 3.26. The molecule has 1 aromatic rings. The van der Waals surface area contributed by atoms with Crippen LogP contribution in [0.2, 0.25) is 0 Å². The molecular weight excluding hydrogens is 299 g/mol. The third-order valence-corrected chi connectivity index (χ3v) is 4.32. The van der Waals surface area contributed by atoms with Gasteiger partial charge in [0.2, 0.25) is 5.91 Å². The van der Waals surface area contributed by atoms with E-state index < -0.39 is 27.9 Å². The van der Waals surface area contributed by atoms with Crippen molar-refractivity contribution in [3.8, 4) is 0 Å². The molecule has 0 spiro atoms.